The number of hydrogen-bond donors (Lipinski definition) is 0. The number of aromatic nitrogens is 5. The number of hydrogen-bond acceptors (Lipinski definition) is 8. The lowest BCUT2D eigenvalue weighted by Gasteiger charge is -2.37. The zero-order valence-corrected chi connectivity index (χ0v) is 17.5. The maximum absolute atomic E-state index is 12.2. The lowest BCUT2D eigenvalue weighted by Crippen LogP contribution is -2.48. The molecule has 0 spiro atoms. The standard InChI is InChI=1S/C21H27N7O2/c1-3-30-19(29)14-18-16(2)25-21-23-15-24-28(21)20(18)27-12-10-26(11-13-27)9-6-17-4-7-22-8-5-17/h4-5,7-8,15H,3,6,9-14H2,1-2H3. The molecule has 0 radical (unpaired) electrons. The summed E-state index contributed by atoms with van der Waals surface area (Å²) < 4.78 is 6.93. The SMILES string of the molecule is CCOC(=O)Cc1c(C)nc2ncnn2c1N1CCN(CCc2ccncc2)CC1. The van der Waals surface area contributed by atoms with Crippen LogP contribution in [0.1, 0.15) is 23.7 Å². The van der Waals surface area contributed by atoms with E-state index in [4.69, 9.17) is 4.74 Å². The van der Waals surface area contributed by atoms with Gasteiger partial charge in [0.05, 0.1) is 13.0 Å². The topological polar surface area (TPSA) is 88.7 Å². The molecule has 9 heteroatoms. The van der Waals surface area contributed by atoms with E-state index in [1.165, 1.54) is 11.9 Å². The first kappa shape index (κ1) is 20.2. The summed E-state index contributed by atoms with van der Waals surface area (Å²) in [6.45, 7) is 8.70. The maximum atomic E-state index is 12.2. The van der Waals surface area contributed by atoms with Crippen molar-refractivity contribution < 1.29 is 9.53 Å². The van der Waals surface area contributed by atoms with Crippen LogP contribution in [-0.2, 0) is 22.4 Å². The first-order valence-corrected chi connectivity index (χ1v) is 10.4. The van der Waals surface area contributed by atoms with Crippen LogP contribution in [0.3, 0.4) is 0 Å². The van der Waals surface area contributed by atoms with Crippen molar-refractivity contribution in [1.29, 1.82) is 0 Å². The Labute approximate surface area is 175 Å². The number of rotatable bonds is 7. The fourth-order valence-corrected chi connectivity index (χ4v) is 3.88. The molecule has 0 amide bonds. The molecule has 0 aromatic carbocycles. The number of piperazine rings is 1. The van der Waals surface area contributed by atoms with Crippen LogP contribution in [0.4, 0.5) is 5.82 Å². The van der Waals surface area contributed by atoms with E-state index in [0.717, 1.165) is 56.2 Å². The van der Waals surface area contributed by atoms with Gasteiger partial charge in [-0.1, -0.05) is 0 Å². The number of nitrogens with zero attached hydrogens (tertiary/aromatic N) is 7. The van der Waals surface area contributed by atoms with Crippen LogP contribution in [0, 0.1) is 6.92 Å². The van der Waals surface area contributed by atoms with E-state index < -0.39 is 0 Å². The van der Waals surface area contributed by atoms with Gasteiger partial charge in [0.2, 0.25) is 0 Å². The summed E-state index contributed by atoms with van der Waals surface area (Å²) in [7, 11) is 0. The monoisotopic (exact) mass is 409 g/mol. The van der Waals surface area contributed by atoms with Crippen LogP contribution in [0.25, 0.3) is 5.78 Å². The Bertz CT molecular complexity index is 997. The molecule has 30 heavy (non-hydrogen) atoms. The number of fused-ring (bicyclic) bond motifs is 1. The van der Waals surface area contributed by atoms with Crippen molar-refractivity contribution in [2.24, 2.45) is 0 Å². The van der Waals surface area contributed by atoms with Crippen molar-refractivity contribution >= 4 is 17.6 Å². The van der Waals surface area contributed by atoms with E-state index >= 15 is 0 Å². The summed E-state index contributed by atoms with van der Waals surface area (Å²) in [6, 6.07) is 4.14. The van der Waals surface area contributed by atoms with Crippen LogP contribution >= 0.6 is 0 Å². The zero-order chi connectivity index (χ0) is 20.9. The Morgan fingerprint density at radius 3 is 2.67 bits per heavy atom. The third-order valence-electron chi connectivity index (χ3n) is 5.47. The van der Waals surface area contributed by atoms with Gasteiger partial charge in [-0.2, -0.15) is 14.6 Å². The van der Waals surface area contributed by atoms with Gasteiger partial charge in [0.1, 0.15) is 12.1 Å². The number of ether oxygens (including phenoxy) is 1. The van der Waals surface area contributed by atoms with Gasteiger partial charge >= 0.3 is 5.97 Å². The first-order chi connectivity index (χ1) is 14.7. The van der Waals surface area contributed by atoms with Gasteiger partial charge in [-0.05, 0) is 38.0 Å². The van der Waals surface area contributed by atoms with E-state index in [-0.39, 0.29) is 12.4 Å². The summed E-state index contributed by atoms with van der Waals surface area (Å²) >= 11 is 0. The number of aryl methyl sites for hydroxylation is 1. The molecule has 0 aliphatic carbocycles. The average molecular weight is 409 g/mol. The third kappa shape index (κ3) is 4.40. The van der Waals surface area contributed by atoms with Crippen molar-refractivity contribution in [3.05, 3.63) is 47.7 Å². The molecule has 0 atom stereocenters. The molecule has 1 saturated heterocycles. The molecule has 9 nitrogen and oxygen atoms in total. The largest absolute Gasteiger partial charge is 0.466 e. The molecule has 3 aromatic rings. The van der Waals surface area contributed by atoms with Crippen LogP contribution in [0.2, 0.25) is 0 Å². The molecule has 4 rings (SSSR count). The summed E-state index contributed by atoms with van der Waals surface area (Å²) in [6.07, 6.45) is 6.38. The minimum atomic E-state index is -0.251. The summed E-state index contributed by atoms with van der Waals surface area (Å²) in [5.74, 6) is 1.20. The molecule has 1 aliphatic rings. The summed E-state index contributed by atoms with van der Waals surface area (Å²) in [5.41, 5.74) is 2.95. The summed E-state index contributed by atoms with van der Waals surface area (Å²) in [5, 5.41) is 4.37. The Morgan fingerprint density at radius 1 is 1.17 bits per heavy atom. The zero-order valence-electron chi connectivity index (χ0n) is 17.5. The quantitative estimate of drug-likeness (QED) is 0.540. The normalized spacial score (nSPS) is 14.9. The highest BCUT2D eigenvalue weighted by molar-refractivity contribution is 5.75. The van der Waals surface area contributed by atoms with E-state index in [1.807, 2.05) is 26.2 Å². The van der Waals surface area contributed by atoms with E-state index in [2.05, 4.69) is 42.0 Å². The first-order valence-electron chi connectivity index (χ1n) is 10.4. The Morgan fingerprint density at radius 2 is 1.93 bits per heavy atom. The average Bonchev–Trinajstić information content (AvgIpc) is 3.22. The number of anilines is 1. The number of esters is 1. The Hall–Kier alpha value is -3.07. The molecule has 1 aliphatic heterocycles. The summed E-state index contributed by atoms with van der Waals surface area (Å²) in [4.78, 5) is 29.8. The highest BCUT2D eigenvalue weighted by atomic mass is 16.5. The smallest absolute Gasteiger partial charge is 0.310 e. The Balaban J connectivity index is 1.50. The number of carbonyl (C=O) groups excluding carboxylic acids is 1. The molecule has 3 aromatic heterocycles. The van der Waals surface area contributed by atoms with Crippen LogP contribution < -0.4 is 4.90 Å². The van der Waals surface area contributed by atoms with Gasteiger partial charge in [0.25, 0.3) is 5.78 Å². The van der Waals surface area contributed by atoms with Crippen molar-refractivity contribution in [2.75, 3.05) is 44.2 Å². The van der Waals surface area contributed by atoms with E-state index in [1.54, 1.807) is 4.52 Å². The van der Waals surface area contributed by atoms with Gasteiger partial charge in [0.15, 0.2) is 0 Å². The second-order valence-corrected chi connectivity index (χ2v) is 7.39. The number of pyridine rings is 1. The predicted octanol–water partition coefficient (Wildman–Crippen LogP) is 1.30. The lowest BCUT2D eigenvalue weighted by atomic mass is 10.1. The Kier molecular flexibility index (Phi) is 6.18. The van der Waals surface area contributed by atoms with Gasteiger partial charge in [-0.3, -0.25) is 14.7 Å². The van der Waals surface area contributed by atoms with Crippen LogP contribution in [0.5, 0.6) is 0 Å². The lowest BCUT2D eigenvalue weighted by molar-refractivity contribution is -0.142. The second kappa shape index (κ2) is 9.17. The molecule has 4 heterocycles. The third-order valence-corrected chi connectivity index (χ3v) is 5.47. The van der Waals surface area contributed by atoms with Gasteiger partial charge in [-0.25, -0.2) is 4.98 Å². The predicted molar refractivity (Wildman–Crippen MR) is 112 cm³/mol. The minimum Gasteiger partial charge on any atom is -0.466 e. The van der Waals surface area contributed by atoms with Gasteiger partial charge in [-0.15, -0.1) is 0 Å². The highest BCUT2D eigenvalue weighted by Gasteiger charge is 2.25. The fraction of sp³-hybridized carbons (Fsp3) is 0.476. The van der Waals surface area contributed by atoms with Crippen molar-refractivity contribution in [2.45, 2.75) is 26.7 Å². The van der Waals surface area contributed by atoms with E-state index in [0.29, 0.717) is 12.4 Å². The molecular formula is C21H27N7O2. The van der Waals surface area contributed by atoms with Gasteiger partial charge in [0, 0.05) is 56.4 Å². The molecular weight excluding hydrogens is 382 g/mol. The van der Waals surface area contributed by atoms with Crippen LogP contribution in [0.15, 0.2) is 30.9 Å². The maximum Gasteiger partial charge on any atom is 0.310 e. The second-order valence-electron chi connectivity index (χ2n) is 7.39. The van der Waals surface area contributed by atoms with Crippen molar-refractivity contribution in [1.82, 2.24) is 29.5 Å². The highest BCUT2D eigenvalue weighted by Crippen LogP contribution is 2.25. The molecule has 0 bridgehead atoms. The van der Waals surface area contributed by atoms with E-state index in [9.17, 15) is 4.79 Å². The fourth-order valence-electron chi connectivity index (χ4n) is 3.88. The van der Waals surface area contributed by atoms with Crippen molar-refractivity contribution in [3.8, 4) is 0 Å². The van der Waals surface area contributed by atoms with Gasteiger partial charge < -0.3 is 9.64 Å². The molecule has 0 N–H and O–H groups in total. The number of carbonyl (C=O) groups is 1. The van der Waals surface area contributed by atoms with Crippen LogP contribution in [-0.4, -0.2) is 74.8 Å². The molecule has 0 saturated carbocycles. The molecule has 1 fully saturated rings. The molecule has 0 unspecified atom stereocenters. The van der Waals surface area contributed by atoms with Crippen molar-refractivity contribution in [3.63, 3.8) is 0 Å². The molecule has 158 valence electrons. The minimum absolute atomic E-state index is 0.181.